The lowest BCUT2D eigenvalue weighted by molar-refractivity contribution is 1.18. The number of aromatic nitrogens is 3. The number of nitrogens with zero attached hydrogens (tertiary/aromatic N) is 3. The van der Waals surface area contributed by atoms with Gasteiger partial charge >= 0.3 is 0 Å². The topological polar surface area (TPSA) is 22.8 Å². The quantitative estimate of drug-likeness (QED) is 0.194. The van der Waals surface area contributed by atoms with Gasteiger partial charge in [-0.1, -0.05) is 127 Å². The Morgan fingerprint density at radius 3 is 1.85 bits per heavy atom. The summed E-state index contributed by atoms with van der Waals surface area (Å²) in [6.45, 7) is 0. The maximum atomic E-state index is 5.08. The molecule has 3 nitrogen and oxygen atoms in total. The summed E-state index contributed by atoms with van der Waals surface area (Å²) < 4.78 is 4.90. The maximum absolute atomic E-state index is 5.08. The molecule has 10 aromatic rings. The SMILES string of the molecule is c1ccc(-c2cccc(-c3cccc(-n4c5ccccc5c5c4ccc4c6ccccc6n(-c6cccc7ccccc67)c45)c3)n2)cc1. The molecule has 0 aliphatic rings. The first-order chi connectivity index (χ1) is 23.8. The first kappa shape index (κ1) is 26.7. The highest BCUT2D eigenvalue weighted by Crippen LogP contribution is 2.43. The van der Waals surface area contributed by atoms with E-state index in [0.717, 1.165) is 28.2 Å². The van der Waals surface area contributed by atoms with Gasteiger partial charge in [-0.3, -0.25) is 0 Å². The zero-order chi connectivity index (χ0) is 31.6. The number of hydrogen-bond acceptors (Lipinski definition) is 1. The van der Waals surface area contributed by atoms with Crippen LogP contribution in [-0.4, -0.2) is 14.1 Å². The molecule has 3 aromatic heterocycles. The molecule has 7 aromatic carbocycles. The van der Waals surface area contributed by atoms with Gasteiger partial charge in [0.25, 0.3) is 0 Å². The van der Waals surface area contributed by atoms with Crippen molar-refractivity contribution in [3.63, 3.8) is 0 Å². The normalized spacial score (nSPS) is 11.8. The fourth-order valence-corrected chi connectivity index (χ4v) is 7.61. The first-order valence-electron chi connectivity index (χ1n) is 16.4. The Labute approximate surface area is 277 Å². The Morgan fingerprint density at radius 1 is 0.375 bits per heavy atom. The van der Waals surface area contributed by atoms with Crippen LogP contribution in [0.2, 0.25) is 0 Å². The van der Waals surface area contributed by atoms with Crippen molar-refractivity contribution in [2.45, 2.75) is 0 Å². The molecule has 224 valence electrons. The smallest absolute Gasteiger partial charge is 0.0710 e. The number of pyridine rings is 1. The van der Waals surface area contributed by atoms with E-state index >= 15 is 0 Å². The molecule has 0 N–H and O–H groups in total. The second-order valence-electron chi connectivity index (χ2n) is 12.4. The zero-order valence-electron chi connectivity index (χ0n) is 26.1. The van der Waals surface area contributed by atoms with Gasteiger partial charge in [0.15, 0.2) is 0 Å². The molecule has 0 radical (unpaired) electrons. The predicted octanol–water partition coefficient (Wildman–Crippen LogP) is 11.8. The molecule has 0 spiro atoms. The Balaban J connectivity index is 1.27. The van der Waals surface area contributed by atoms with Gasteiger partial charge in [0.2, 0.25) is 0 Å². The number of fused-ring (bicyclic) bond motifs is 8. The summed E-state index contributed by atoms with van der Waals surface area (Å²) in [6.07, 6.45) is 0. The van der Waals surface area contributed by atoms with Gasteiger partial charge in [0.1, 0.15) is 0 Å². The van der Waals surface area contributed by atoms with Crippen LogP contribution in [0.3, 0.4) is 0 Å². The Hall–Kier alpha value is -6.45. The summed E-state index contributed by atoms with van der Waals surface area (Å²) in [6, 6.07) is 63.0. The lowest BCUT2D eigenvalue weighted by Crippen LogP contribution is -1.97. The van der Waals surface area contributed by atoms with Crippen molar-refractivity contribution in [3.8, 4) is 33.9 Å². The van der Waals surface area contributed by atoms with Crippen LogP contribution in [0.5, 0.6) is 0 Å². The molecule has 10 rings (SSSR count). The number of hydrogen-bond donors (Lipinski definition) is 0. The van der Waals surface area contributed by atoms with Gasteiger partial charge in [-0.2, -0.15) is 0 Å². The molecular formula is C45H29N3. The van der Waals surface area contributed by atoms with Crippen molar-refractivity contribution in [2.75, 3.05) is 0 Å². The molecule has 0 saturated heterocycles. The molecule has 48 heavy (non-hydrogen) atoms. The predicted molar refractivity (Wildman–Crippen MR) is 201 cm³/mol. The van der Waals surface area contributed by atoms with Crippen molar-refractivity contribution < 1.29 is 0 Å². The third kappa shape index (κ3) is 3.98. The minimum atomic E-state index is 0.956. The third-order valence-corrected chi connectivity index (χ3v) is 9.70. The van der Waals surface area contributed by atoms with Crippen molar-refractivity contribution in [2.24, 2.45) is 0 Å². The molecule has 3 heteroatoms. The minimum Gasteiger partial charge on any atom is -0.309 e. The monoisotopic (exact) mass is 611 g/mol. The summed E-state index contributed by atoms with van der Waals surface area (Å²) in [4.78, 5) is 5.08. The van der Waals surface area contributed by atoms with Gasteiger partial charge in [0.05, 0.1) is 39.1 Å². The first-order valence-corrected chi connectivity index (χ1v) is 16.4. The summed E-state index contributed by atoms with van der Waals surface area (Å²) in [5.74, 6) is 0. The maximum Gasteiger partial charge on any atom is 0.0710 e. The summed E-state index contributed by atoms with van der Waals surface area (Å²) >= 11 is 0. The van der Waals surface area contributed by atoms with Gasteiger partial charge in [-0.15, -0.1) is 0 Å². The van der Waals surface area contributed by atoms with Crippen LogP contribution in [-0.2, 0) is 0 Å². The van der Waals surface area contributed by atoms with Crippen LogP contribution in [0.25, 0.3) is 88.3 Å². The van der Waals surface area contributed by atoms with Gasteiger partial charge in [-0.25, -0.2) is 4.98 Å². The molecule has 0 atom stereocenters. The van der Waals surface area contributed by atoms with Crippen LogP contribution in [0, 0.1) is 0 Å². The molecule has 0 saturated carbocycles. The van der Waals surface area contributed by atoms with E-state index < -0.39 is 0 Å². The largest absolute Gasteiger partial charge is 0.309 e. The van der Waals surface area contributed by atoms with Gasteiger partial charge in [0, 0.05) is 43.7 Å². The van der Waals surface area contributed by atoms with E-state index in [1.807, 2.05) is 6.07 Å². The van der Waals surface area contributed by atoms with Crippen LogP contribution in [0.4, 0.5) is 0 Å². The van der Waals surface area contributed by atoms with Gasteiger partial charge < -0.3 is 9.13 Å². The Bertz CT molecular complexity index is 2830. The van der Waals surface area contributed by atoms with Crippen molar-refractivity contribution in [1.29, 1.82) is 0 Å². The summed E-state index contributed by atoms with van der Waals surface area (Å²) in [5.41, 5.74) is 11.2. The van der Waals surface area contributed by atoms with E-state index in [4.69, 9.17) is 4.98 Å². The minimum absolute atomic E-state index is 0.956. The molecular weight excluding hydrogens is 583 g/mol. The number of benzene rings is 7. The second kappa shape index (κ2) is 10.5. The Kier molecular flexibility index (Phi) is 5.87. The molecule has 0 aliphatic heterocycles. The van der Waals surface area contributed by atoms with Crippen LogP contribution in [0.1, 0.15) is 0 Å². The lowest BCUT2D eigenvalue weighted by atomic mass is 10.1. The average Bonchev–Trinajstić information content (AvgIpc) is 3.68. The molecule has 0 fully saturated rings. The van der Waals surface area contributed by atoms with Crippen LogP contribution in [0.15, 0.2) is 176 Å². The lowest BCUT2D eigenvalue weighted by Gasteiger charge is -2.13. The fourth-order valence-electron chi connectivity index (χ4n) is 7.61. The highest BCUT2D eigenvalue weighted by Gasteiger charge is 2.21. The standard InChI is InChI=1S/C45H29N3/c1-2-14-31(15-3-1)38-22-12-23-39(46-38)32-17-10-18-33(29-32)47-42-25-9-7-21-37(42)44-43(47)28-27-36-35-20-6-8-24-41(35)48(45(36)44)40-26-11-16-30-13-4-5-19-34(30)40/h1-29H. The number of rotatable bonds is 4. The Morgan fingerprint density at radius 2 is 1.00 bits per heavy atom. The van der Waals surface area contributed by atoms with Crippen LogP contribution < -0.4 is 0 Å². The molecule has 0 aliphatic carbocycles. The highest BCUT2D eigenvalue weighted by atomic mass is 15.0. The van der Waals surface area contributed by atoms with E-state index in [1.54, 1.807) is 0 Å². The second-order valence-corrected chi connectivity index (χ2v) is 12.4. The number of para-hydroxylation sites is 2. The van der Waals surface area contributed by atoms with Gasteiger partial charge in [-0.05, 0) is 53.9 Å². The molecule has 0 bridgehead atoms. The zero-order valence-corrected chi connectivity index (χ0v) is 26.1. The highest BCUT2D eigenvalue weighted by molar-refractivity contribution is 6.26. The molecule has 3 heterocycles. The fraction of sp³-hybridized carbons (Fsp3) is 0. The van der Waals surface area contributed by atoms with Crippen molar-refractivity contribution >= 4 is 54.4 Å². The van der Waals surface area contributed by atoms with Crippen LogP contribution >= 0.6 is 0 Å². The van der Waals surface area contributed by atoms with E-state index in [1.165, 1.54) is 60.1 Å². The summed E-state index contributed by atoms with van der Waals surface area (Å²) in [5, 5.41) is 7.47. The van der Waals surface area contributed by atoms with Crippen molar-refractivity contribution in [3.05, 3.63) is 176 Å². The molecule has 0 amide bonds. The summed E-state index contributed by atoms with van der Waals surface area (Å²) in [7, 11) is 0. The van der Waals surface area contributed by atoms with Crippen molar-refractivity contribution in [1.82, 2.24) is 14.1 Å². The van der Waals surface area contributed by atoms with E-state index in [0.29, 0.717) is 0 Å². The average molecular weight is 612 g/mol. The third-order valence-electron chi connectivity index (χ3n) is 9.70. The van der Waals surface area contributed by atoms with E-state index in [-0.39, 0.29) is 0 Å². The van der Waals surface area contributed by atoms with E-state index in [2.05, 4.69) is 179 Å². The van der Waals surface area contributed by atoms with E-state index in [9.17, 15) is 0 Å². The molecule has 0 unspecified atom stereocenters.